The molecule has 0 aliphatic carbocycles. The number of hydrogen-bond donors (Lipinski definition) is 0. The van der Waals surface area contributed by atoms with Gasteiger partial charge in [0.25, 0.3) is 0 Å². The van der Waals surface area contributed by atoms with E-state index >= 15 is 0 Å². The summed E-state index contributed by atoms with van der Waals surface area (Å²) in [6, 6.07) is 25.8. The van der Waals surface area contributed by atoms with E-state index in [1.165, 1.54) is 16.4 Å². The van der Waals surface area contributed by atoms with Crippen LogP contribution in [0.5, 0.6) is 0 Å². The Kier molecular flexibility index (Phi) is 6.62. The maximum absolute atomic E-state index is 13.8. The van der Waals surface area contributed by atoms with Crippen LogP contribution in [0.3, 0.4) is 0 Å². The average molecular weight is 515 g/mol. The minimum Gasteiger partial charge on any atom is -0.294 e. The Morgan fingerprint density at radius 2 is 1.57 bits per heavy atom. The minimum atomic E-state index is -4.06. The summed E-state index contributed by atoms with van der Waals surface area (Å²) in [5.41, 5.74) is 1.89. The summed E-state index contributed by atoms with van der Waals surface area (Å²) in [6.45, 7) is 1.73. The lowest BCUT2D eigenvalue weighted by Gasteiger charge is -2.24. The summed E-state index contributed by atoms with van der Waals surface area (Å²) in [5, 5.41) is 14.3. The van der Waals surface area contributed by atoms with Gasteiger partial charge in [0, 0.05) is 29.4 Å². The van der Waals surface area contributed by atoms with Gasteiger partial charge in [-0.05, 0) is 41.5 Å². The Morgan fingerprint density at radius 1 is 0.919 bits per heavy atom. The smallest absolute Gasteiger partial charge is 0.243 e. The van der Waals surface area contributed by atoms with E-state index in [0.29, 0.717) is 11.1 Å². The second-order valence-corrected chi connectivity index (χ2v) is 11.4. The zero-order valence-electron chi connectivity index (χ0n) is 20.2. The van der Waals surface area contributed by atoms with Crippen LogP contribution in [0.15, 0.2) is 102 Å². The number of nitro groups is 1. The van der Waals surface area contributed by atoms with E-state index in [1.54, 1.807) is 54.6 Å². The van der Waals surface area contributed by atoms with Gasteiger partial charge < -0.3 is 0 Å². The first-order chi connectivity index (χ1) is 17.8. The Bertz CT molecular complexity index is 1570. The molecular formula is C29H26N2O5S. The number of hydrogen-bond acceptors (Lipinski definition) is 5. The molecule has 0 spiro atoms. The maximum Gasteiger partial charge on any atom is 0.243 e. The Morgan fingerprint density at radius 3 is 2.24 bits per heavy atom. The van der Waals surface area contributed by atoms with Gasteiger partial charge in [0.05, 0.1) is 4.90 Å². The number of fused-ring (bicyclic) bond motifs is 1. The number of rotatable bonds is 7. The molecule has 8 heteroatoms. The summed E-state index contributed by atoms with van der Waals surface area (Å²) in [4.78, 5) is 25.4. The Hall–Kier alpha value is -3.88. The van der Waals surface area contributed by atoms with Crippen LogP contribution in [0, 0.1) is 23.0 Å². The zero-order chi connectivity index (χ0) is 26.2. The average Bonchev–Trinajstić information content (AvgIpc) is 3.29. The molecule has 37 heavy (non-hydrogen) atoms. The van der Waals surface area contributed by atoms with Crippen LogP contribution in [0.4, 0.5) is 0 Å². The number of nitrogens with zero attached hydrogens (tertiary/aromatic N) is 2. The first kappa shape index (κ1) is 24.8. The molecule has 0 saturated carbocycles. The molecule has 1 heterocycles. The van der Waals surface area contributed by atoms with Gasteiger partial charge in [0.2, 0.25) is 16.1 Å². The number of ketones is 1. The van der Waals surface area contributed by atoms with Crippen molar-refractivity contribution in [2.45, 2.75) is 30.3 Å². The Balaban J connectivity index is 1.53. The minimum absolute atomic E-state index is 0.0719. The van der Waals surface area contributed by atoms with Crippen molar-refractivity contribution in [1.29, 1.82) is 0 Å². The number of Topliss-reactive ketones (excluding diaryl/α,β-unsaturated/α-hetero) is 1. The highest BCUT2D eigenvalue weighted by molar-refractivity contribution is 7.89. The molecule has 4 aromatic carbocycles. The molecule has 188 valence electrons. The molecule has 1 aliphatic rings. The topological polar surface area (TPSA) is 97.6 Å². The van der Waals surface area contributed by atoms with E-state index in [4.69, 9.17) is 0 Å². The van der Waals surface area contributed by atoms with Crippen LogP contribution >= 0.6 is 0 Å². The molecule has 1 saturated heterocycles. The molecule has 4 aromatic rings. The van der Waals surface area contributed by atoms with Gasteiger partial charge in [0.1, 0.15) is 6.04 Å². The van der Waals surface area contributed by atoms with Crippen LogP contribution in [-0.4, -0.2) is 36.0 Å². The third kappa shape index (κ3) is 4.77. The molecule has 1 aliphatic heterocycles. The fourth-order valence-electron chi connectivity index (χ4n) is 5.18. The highest BCUT2D eigenvalue weighted by atomic mass is 32.2. The normalized spacial score (nSPS) is 20.2. The molecule has 7 nitrogen and oxygen atoms in total. The van der Waals surface area contributed by atoms with Gasteiger partial charge in [-0.2, -0.15) is 4.31 Å². The lowest BCUT2D eigenvalue weighted by molar-refractivity contribution is -0.532. The molecule has 0 unspecified atom stereocenters. The zero-order valence-corrected chi connectivity index (χ0v) is 21.0. The van der Waals surface area contributed by atoms with Gasteiger partial charge in [-0.25, -0.2) is 8.42 Å². The molecule has 0 bridgehead atoms. The van der Waals surface area contributed by atoms with Crippen LogP contribution in [-0.2, 0) is 10.0 Å². The van der Waals surface area contributed by atoms with Crippen molar-refractivity contribution in [3.8, 4) is 0 Å². The molecule has 0 radical (unpaired) electrons. The van der Waals surface area contributed by atoms with Gasteiger partial charge in [-0.15, -0.1) is 0 Å². The van der Waals surface area contributed by atoms with E-state index < -0.39 is 32.9 Å². The SMILES string of the molecule is Cc1ccc(S(=O)(=O)N2C[C@@H](CC(=O)c3ccc4ccccc4c3)[C@H]([N+](=O)[O-])[C@H]2c2ccccc2)cc1. The van der Waals surface area contributed by atoms with Gasteiger partial charge in [-0.1, -0.05) is 84.4 Å². The number of carbonyl (C=O) groups is 1. The van der Waals surface area contributed by atoms with Gasteiger partial charge in [0.15, 0.2) is 5.78 Å². The second kappa shape index (κ2) is 9.88. The first-order valence-electron chi connectivity index (χ1n) is 12.0. The summed E-state index contributed by atoms with van der Waals surface area (Å²) < 4.78 is 28.7. The van der Waals surface area contributed by atoms with E-state index in [1.807, 2.05) is 37.3 Å². The predicted octanol–water partition coefficient (Wildman–Crippen LogP) is 5.43. The fourth-order valence-corrected chi connectivity index (χ4v) is 6.86. The first-order valence-corrected chi connectivity index (χ1v) is 13.5. The van der Waals surface area contributed by atoms with Crippen LogP contribution in [0.1, 0.15) is 33.9 Å². The molecule has 3 atom stereocenters. The summed E-state index contributed by atoms with van der Waals surface area (Å²) in [7, 11) is -4.06. The molecule has 0 amide bonds. The van der Waals surface area contributed by atoms with E-state index in [0.717, 1.165) is 16.3 Å². The van der Waals surface area contributed by atoms with Gasteiger partial charge >= 0.3 is 0 Å². The largest absolute Gasteiger partial charge is 0.294 e. The van der Waals surface area contributed by atoms with Crippen LogP contribution in [0.25, 0.3) is 10.8 Å². The van der Waals surface area contributed by atoms with Crippen molar-refractivity contribution in [1.82, 2.24) is 4.31 Å². The predicted molar refractivity (Wildman–Crippen MR) is 141 cm³/mol. The monoisotopic (exact) mass is 514 g/mol. The summed E-state index contributed by atoms with van der Waals surface area (Å²) >= 11 is 0. The van der Waals surface area contributed by atoms with Crippen LogP contribution < -0.4 is 0 Å². The molecule has 0 N–H and O–H groups in total. The molecular weight excluding hydrogens is 488 g/mol. The number of sulfonamides is 1. The fraction of sp³-hybridized carbons (Fsp3) is 0.207. The van der Waals surface area contributed by atoms with Crippen molar-refractivity contribution in [2.75, 3.05) is 6.54 Å². The second-order valence-electron chi connectivity index (χ2n) is 9.47. The van der Waals surface area contributed by atoms with E-state index in [2.05, 4.69) is 0 Å². The van der Waals surface area contributed by atoms with Crippen molar-refractivity contribution in [2.24, 2.45) is 5.92 Å². The third-order valence-corrected chi connectivity index (χ3v) is 8.92. The quantitative estimate of drug-likeness (QED) is 0.186. The van der Waals surface area contributed by atoms with Gasteiger partial charge in [-0.3, -0.25) is 14.9 Å². The standard InChI is InChI=1S/C29H26N2O5S/c1-20-11-15-26(16-12-20)37(35,36)30-19-25(29(31(33)34)28(30)22-8-3-2-4-9-22)18-27(32)24-14-13-21-7-5-6-10-23(21)17-24/h2-17,25,28-29H,18-19H2,1H3/t25-,28-,29+/m1/s1. The molecule has 5 rings (SSSR count). The third-order valence-electron chi connectivity index (χ3n) is 7.06. The number of carbonyl (C=O) groups excluding carboxylic acids is 1. The van der Waals surface area contributed by atoms with E-state index in [9.17, 15) is 23.3 Å². The lowest BCUT2D eigenvalue weighted by Crippen LogP contribution is -2.36. The maximum atomic E-state index is 13.8. The summed E-state index contributed by atoms with van der Waals surface area (Å²) in [6.07, 6.45) is -0.132. The molecule has 1 fully saturated rings. The lowest BCUT2D eigenvalue weighted by atomic mass is 9.89. The van der Waals surface area contributed by atoms with Crippen LogP contribution in [0.2, 0.25) is 0 Å². The van der Waals surface area contributed by atoms with Crippen molar-refractivity contribution in [3.05, 3.63) is 124 Å². The van der Waals surface area contributed by atoms with Crippen molar-refractivity contribution in [3.63, 3.8) is 0 Å². The number of aryl methyl sites for hydroxylation is 1. The highest BCUT2D eigenvalue weighted by Gasteiger charge is 2.55. The highest BCUT2D eigenvalue weighted by Crippen LogP contribution is 2.42. The van der Waals surface area contributed by atoms with Crippen molar-refractivity contribution >= 4 is 26.6 Å². The summed E-state index contributed by atoms with van der Waals surface area (Å²) in [5.74, 6) is -1.04. The number of benzene rings is 4. The van der Waals surface area contributed by atoms with Crippen molar-refractivity contribution < 1.29 is 18.1 Å². The molecule has 0 aromatic heterocycles. The van der Waals surface area contributed by atoms with E-state index in [-0.39, 0.29) is 23.6 Å². The Labute approximate surface area is 215 Å².